The van der Waals surface area contributed by atoms with Crippen molar-refractivity contribution in [3.63, 3.8) is 0 Å². The lowest BCUT2D eigenvalue weighted by atomic mass is 10.1. The molecule has 0 radical (unpaired) electrons. The van der Waals surface area contributed by atoms with Crippen LogP contribution in [0.1, 0.15) is 29.6 Å². The first kappa shape index (κ1) is 14.5. The zero-order chi connectivity index (χ0) is 14.7. The summed E-state index contributed by atoms with van der Waals surface area (Å²) < 4.78 is 21.7. The van der Waals surface area contributed by atoms with Crippen LogP contribution in [0.2, 0.25) is 5.02 Å². The van der Waals surface area contributed by atoms with Gasteiger partial charge in [-0.3, -0.25) is 0 Å². The van der Waals surface area contributed by atoms with Crippen LogP contribution in [0.15, 0.2) is 12.1 Å². The van der Waals surface area contributed by atoms with Crippen LogP contribution >= 0.6 is 11.6 Å². The van der Waals surface area contributed by atoms with Crippen LogP contribution in [0.25, 0.3) is 0 Å². The van der Waals surface area contributed by atoms with Gasteiger partial charge in [0.25, 0.3) is 0 Å². The molecule has 0 saturated carbocycles. The summed E-state index contributed by atoms with van der Waals surface area (Å²) in [7, 11) is 0. The van der Waals surface area contributed by atoms with Crippen LogP contribution in [-0.4, -0.2) is 38.5 Å². The van der Waals surface area contributed by atoms with Crippen molar-refractivity contribution in [2.75, 3.05) is 26.4 Å². The van der Waals surface area contributed by atoms with Crippen LogP contribution in [0.3, 0.4) is 0 Å². The quantitative estimate of drug-likeness (QED) is 0.803. The summed E-state index contributed by atoms with van der Waals surface area (Å²) in [6.45, 7) is 1.90. The smallest absolute Gasteiger partial charge is 0.338 e. The standard InChI is InChI=1S/C15H17ClO5/c16-12-7-10(8-13-14(12)20-6-5-19-13)15(17)21-9-11-3-1-2-4-18-11/h7-8,11H,1-6,9H2. The number of hydrogen-bond donors (Lipinski definition) is 0. The predicted molar refractivity (Wildman–Crippen MR) is 76.3 cm³/mol. The molecule has 5 nitrogen and oxygen atoms in total. The number of carbonyl (C=O) groups excluding carboxylic acids is 1. The highest BCUT2D eigenvalue weighted by Crippen LogP contribution is 2.38. The molecule has 2 heterocycles. The van der Waals surface area contributed by atoms with Crippen molar-refractivity contribution in [1.82, 2.24) is 0 Å². The molecule has 0 N–H and O–H groups in total. The van der Waals surface area contributed by atoms with Gasteiger partial charge in [-0.2, -0.15) is 0 Å². The second-order valence-corrected chi connectivity index (χ2v) is 5.48. The number of fused-ring (bicyclic) bond motifs is 1. The van der Waals surface area contributed by atoms with E-state index in [1.54, 1.807) is 12.1 Å². The average Bonchev–Trinajstić information content (AvgIpc) is 2.53. The molecule has 1 saturated heterocycles. The molecule has 1 unspecified atom stereocenters. The molecule has 0 aliphatic carbocycles. The number of esters is 1. The van der Waals surface area contributed by atoms with Crippen LogP contribution < -0.4 is 9.47 Å². The van der Waals surface area contributed by atoms with E-state index < -0.39 is 5.97 Å². The molecule has 114 valence electrons. The lowest BCUT2D eigenvalue weighted by Crippen LogP contribution is -2.26. The number of halogens is 1. The lowest BCUT2D eigenvalue weighted by molar-refractivity contribution is -0.0300. The van der Waals surface area contributed by atoms with Crippen molar-refractivity contribution in [1.29, 1.82) is 0 Å². The van der Waals surface area contributed by atoms with Crippen molar-refractivity contribution >= 4 is 17.6 Å². The maximum absolute atomic E-state index is 12.1. The summed E-state index contributed by atoms with van der Waals surface area (Å²) in [5, 5.41) is 0.355. The summed E-state index contributed by atoms with van der Waals surface area (Å²) in [5.41, 5.74) is 0.361. The van der Waals surface area contributed by atoms with Gasteiger partial charge in [0, 0.05) is 6.61 Å². The van der Waals surface area contributed by atoms with Crippen LogP contribution in [-0.2, 0) is 9.47 Å². The number of rotatable bonds is 3. The van der Waals surface area contributed by atoms with Crippen LogP contribution in [0.5, 0.6) is 11.5 Å². The monoisotopic (exact) mass is 312 g/mol. The minimum absolute atomic E-state index is 0.00428. The molecule has 2 aliphatic heterocycles. The normalized spacial score (nSPS) is 20.9. The van der Waals surface area contributed by atoms with E-state index in [4.69, 9.17) is 30.5 Å². The third-order valence-electron chi connectivity index (χ3n) is 3.51. The Labute approximate surface area is 128 Å². The zero-order valence-electron chi connectivity index (χ0n) is 11.6. The van der Waals surface area contributed by atoms with E-state index >= 15 is 0 Å². The lowest BCUT2D eigenvalue weighted by Gasteiger charge is -2.22. The third-order valence-corrected chi connectivity index (χ3v) is 3.79. The maximum Gasteiger partial charge on any atom is 0.338 e. The zero-order valence-corrected chi connectivity index (χ0v) is 12.4. The SMILES string of the molecule is O=C(OCC1CCCCO1)c1cc(Cl)c2c(c1)OCCO2. The summed E-state index contributed by atoms with van der Waals surface area (Å²) >= 11 is 6.10. The minimum Gasteiger partial charge on any atom is -0.486 e. The fourth-order valence-corrected chi connectivity index (χ4v) is 2.68. The summed E-state index contributed by atoms with van der Waals surface area (Å²) in [4.78, 5) is 12.1. The predicted octanol–water partition coefficient (Wildman–Crippen LogP) is 2.84. The Kier molecular flexibility index (Phi) is 4.51. The van der Waals surface area contributed by atoms with Gasteiger partial charge in [0.2, 0.25) is 0 Å². The van der Waals surface area contributed by atoms with Crippen molar-refractivity contribution < 1.29 is 23.7 Å². The first-order valence-corrected chi connectivity index (χ1v) is 7.50. The van der Waals surface area contributed by atoms with Gasteiger partial charge in [-0.15, -0.1) is 0 Å². The summed E-state index contributed by atoms with van der Waals surface area (Å²) in [6.07, 6.45) is 3.10. The minimum atomic E-state index is -0.428. The maximum atomic E-state index is 12.1. The Morgan fingerprint density at radius 3 is 2.90 bits per heavy atom. The molecule has 0 amide bonds. The van der Waals surface area contributed by atoms with E-state index in [-0.39, 0.29) is 12.7 Å². The molecule has 0 spiro atoms. The number of benzene rings is 1. The van der Waals surface area contributed by atoms with Crippen molar-refractivity contribution in [3.8, 4) is 11.5 Å². The molecule has 0 aromatic heterocycles. The van der Waals surface area contributed by atoms with E-state index in [0.29, 0.717) is 35.3 Å². The fraction of sp³-hybridized carbons (Fsp3) is 0.533. The van der Waals surface area contributed by atoms with Gasteiger partial charge in [-0.05, 0) is 31.4 Å². The molecular weight excluding hydrogens is 296 g/mol. The molecule has 1 atom stereocenters. The molecule has 6 heteroatoms. The Hall–Kier alpha value is -1.46. The van der Waals surface area contributed by atoms with Crippen molar-refractivity contribution in [2.24, 2.45) is 0 Å². The highest BCUT2D eigenvalue weighted by molar-refractivity contribution is 6.32. The summed E-state index contributed by atoms with van der Waals surface area (Å²) in [6, 6.07) is 3.14. The van der Waals surface area contributed by atoms with E-state index in [9.17, 15) is 4.79 Å². The van der Waals surface area contributed by atoms with Gasteiger partial charge in [0.15, 0.2) is 11.5 Å². The van der Waals surface area contributed by atoms with Crippen molar-refractivity contribution in [3.05, 3.63) is 22.7 Å². The first-order valence-electron chi connectivity index (χ1n) is 7.12. The molecular formula is C15H17ClO5. The average molecular weight is 313 g/mol. The van der Waals surface area contributed by atoms with E-state index in [2.05, 4.69) is 0 Å². The molecule has 1 fully saturated rings. The van der Waals surface area contributed by atoms with Gasteiger partial charge in [-0.1, -0.05) is 11.6 Å². The Morgan fingerprint density at radius 1 is 1.24 bits per heavy atom. The van der Waals surface area contributed by atoms with Gasteiger partial charge in [-0.25, -0.2) is 4.79 Å². The highest BCUT2D eigenvalue weighted by Gasteiger charge is 2.21. The third kappa shape index (κ3) is 3.41. The highest BCUT2D eigenvalue weighted by atomic mass is 35.5. The fourth-order valence-electron chi connectivity index (χ4n) is 2.42. The van der Waals surface area contributed by atoms with E-state index in [1.807, 2.05) is 0 Å². The Balaban J connectivity index is 1.65. The largest absolute Gasteiger partial charge is 0.486 e. The topological polar surface area (TPSA) is 54.0 Å². The first-order chi connectivity index (χ1) is 10.2. The van der Waals surface area contributed by atoms with Crippen LogP contribution in [0.4, 0.5) is 0 Å². The number of ether oxygens (including phenoxy) is 4. The molecule has 21 heavy (non-hydrogen) atoms. The van der Waals surface area contributed by atoms with Gasteiger partial charge >= 0.3 is 5.97 Å². The van der Waals surface area contributed by atoms with Crippen molar-refractivity contribution in [2.45, 2.75) is 25.4 Å². The van der Waals surface area contributed by atoms with Gasteiger partial charge in [0.05, 0.1) is 16.7 Å². The second kappa shape index (κ2) is 6.54. The van der Waals surface area contributed by atoms with Gasteiger partial charge in [0.1, 0.15) is 19.8 Å². The Bertz CT molecular complexity index is 525. The molecule has 3 rings (SSSR count). The molecule has 2 aliphatic rings. The van der Waals surface area contributed by atoms with Crippen LogP contribution in [0, 0.1) is 0 Å². The second-order valence-electron chi connectivity index (χ2n) is 5.07. The summed E-state index contributed by atoms with van der Waals surface area (Å²) in [5.74, 6) is 0.535. The molecule has 1 aromatic carbocycles. The number of carbonyl (C=O) groups is 1. The molecule has 1 aromatic rings. The number of hydrogen-bond acceptors (Lipinski definition) is 5. The molecule has 0 bridgehead atoms. The van der Waals surface area contributed by atoms with E-state index in [1.165, 1.54) is 0 Å². The van der Waals surface area contributed by atoms with E-state index in [0.717, 1.165) is 25.9 Å². The van der Waals surface area contributed by atoms with Gasteiger partial charge < -0.3 is 18.9 Å². The Morgan fingerprint density at radius 2 is 2.10 bits per heavy atom.